The molecule has 0 saturated carbocycles. The van der Waals surface area contributed by atoms with Crippen molar-refractivity contribution in [3.8, 4) is 0 Å². The Kier molecular flexibility index (Phi) is 17.6. The average Bonchev–Trinajstić information content (AvgIpc) is 3.16. The molecule has 0 heterocycles. The molecule has 7 N–H and O–H groups in total. The van der Waals surface area contributed by atoms with E-state index in [4.69, 9.17) is 11.5 Å². The Bertz CT molecular complexity index is 3000. The molecule has 0 unspecified atom stereocenters. The number of fused-ring (bicyclic) bond motifs is 1. The van der Waals surface area contributed by atoms with Gasteiger partial charge in [0.25, 0.3) is 5.91 Å². The second-order valence-electron chi connectivity index (χ2n) is 12.1. The zero-order chi connectivity index (χ0) is 42.9. The molecule has 4 aromatic rings. The van der Waals surface area contributed by atoms with Crippen LogP contribution in [0.2, 0.25) is 0 Å². The summed E-state index contributed by atoms with van der Waals surface area (Å²) in [6.07, 6.45) is 4.81. The van der Waals surface area contributed by atoms with Crippen molar-refractivity contribution in [1.82, 2.24) is 0 Å². The Morgan fingerprint density at radius 1 is 0.645 bits per heavy atom. The molecule has 0 fully saturated rings. The van der Waals surface area contributed by atoms with E-state index in [2.05, 4.69) is 36.6 Å². The molecule has 0 aromatic heterocycles. The third-order valence-corrected chi connectivity index (χ3v) is 10.7. The van der Waals surface area contributed by atoms with Gasteiger partial charge in [-0.1, -0.05) is 0 Å². The fourth-order valence-electron chi connectivity index (χ4n) is 5.27. The minimum Gasteiger partial charge on any atom is -0.744 e. The number of nitrogens with two attached hydrogens (primary N) is 2. The first-order chi connectivity index (χ1) is 27.7. The molecule has 2 aliphatic rings. The van der Waals surface area contributed by atoms with E-state index in [9.17, 15) is 53.3 Å². The summed E-state index contributed by atoms with van der Waals surface area (Å²) in [7, 11) is -15.8. The molecule has 0 radical (unpaired) electrons. The van der Waals surface area contributed by atoms with E-state index in [1.807, 2.05) is 0 Å². The standard InChI is InChI=1S/C35H27N9O12S3.3Na/c36-20-3-14-26(27(45)17-20)42-39-23-8-6-21(7-9-23)38-35(47)18-1-4-22(5-2-18)40-43-32-28(58(51,52)53)15-19-16-29(59(54,55)56)33(34(46)30(19)31(32)37)44-41-24-10-12-25(13-11-24)57(48,49)50;;;/h1-17,39,41H,36-37H2,(H,38,47)(H,48,49,50)(H,51,52,53)(H,54,55,56);;;/q;3*+1/p-3. The molecule has 0 atom stereocenters. The van der Waals surface area contributed by atoms with Gasteiger partial charge in [-0.3, -0.25) is 25.2 Å². The monoisotopic (exact) mass is 927 g/mol. The quantitative estimate of drug-likeness (QED) is 0.0233. The van der Waals surface area contributed by atoms with Crippen LogP contribution in [0.1, 0.15) is 26.3 Å². The van der Waals surface area contributed by atoms with Crippen LogP contribution in [-0.4, -0.2) is 67.8 Å². The summed E-state index contributed by atoms with van der Waals surface area (Å²) in [5.74, 6) is -2.23. The number of hydrazone groups is 2. The van der Waals surface area contributed by atoms with Crippen molar-refractivity contribution in [3.63, 3.8) is 0 Å². The molecule has 1 amide bonds. The predicted molar refractivity (Wildman–Crippen MR) is 209 cm³/mol. The summed E-state index contributed by atoms with van der Waals surface area (Å²) in [6.45, 7) is 0. The van der Waals surface area contributed by atoms with Crippen LogP contribution in [0, 0.1) is 0 Å². The summed E-state index contributed by atoms with van der Waals surface area (Å²) in [5.41, 5.74) is 14.5. The Morgan fingerprint density at radius 2 is 1.21 bits per heavy atom. The van der Waals surface area contributed by atoms with Gasteiger partial charge in [0.1, 0.15) is 47.5 Å². The van der Waals surface area contributed by atoms with Crippen LogP contribution < -0.4 is 116 Å². The van der Waals surface area contributed by atoms with Gasteiger partial charge < -0.3 is 30.4 Å². The van der Waals surface area contributed by atoms with Gasteiger partial charge in [-0.2, -0.15) is 15.3 Å². The SMILES string of the molecule is NC1=CC(=O)C(=NNc2ccc(NC(=O)c3ccc(N=Nc4c(S(=O)(=O)[O-])cc5c(c4N)C(=O)C(=NNc4ccc(S(=O)(=O)[O-])cc4)C(S(=O)(=O)[O-])=C5)cc3)cc2)C=C1.[Na+].[Na+].[Na+]. The predicted octanol–water partition coefficient (Wildman–Crippen LogP) is -5.94. The molecular formula is C35H24N9Na3O12S3. The zero-order valence-corrected chi connectivity index (χ0v) is 40.8. The molecule has 2 aliphatic carbocycles. The number of rotatable bonds is 11. The summed E-state index contributed by atoms with van der Waals surface area (Å²) >= 11 is 0. The first-order valence-electron chi connectivity index (χ1n) is 16.2. The van der Waals surface area contributed by atoms with E-state index < -0.39 is 85.0 Å². The molecule has 27 heteroatoms. The molecule has 0 bridgehead atoms. The number of ketones is 2. The zero-order valence-electron chi connectivity index (χ0n) is 32.4. The first-order valence-corrected chi connectivity index (χ1v) is 20.4. The number of allylic oxidation sites excluding steroid dienone is 4. The Hall–Kier alpha value is -4.22. The summed E-state index contributed by atoms with van der Waals surface area (Å²) in [5, 5.41) is 18.1. The van der Waals surface area contributed by atoms with E-state index in [0.29, 0.717) is 29.2 Å². The third kappa shape index (κ3) is 12.5. The van der Waals surface area contributed by atoms with Gasteiger partial charge in [0.15, 0.2) is 0 Å². The van der Waals surface area contributed by atoms with Crippen molar-refractivity contribution < 1.29 is 142 Å². The fourth-order valence-corrected chi connectivity index (χ4v) is 7.04. The van der Waals surface area contributed by atoms with Crippen LogP contribution in [0.25, 0.3) is 6.08 Å². The van der Waals surface area contributed by atoms with E-state index in [1.165, 1.54) is 42.5 Å². The molecule has 21 nitrogen and oxygen atoms in total. The van der Waals surface area contributed by atoms with Crippen molar-refractivity contribution in [2.24, 2.45) is 26.2 Å². The number of carbonyl (C=O) groups excluding carboxylic acids is 3. The number of nitrogens with one attached hydrogen (secondary N) is 3. The number of hydrogen-bond donors (Lipinski definition) is 5. The second kappa shape index (κ2) is 21.0. The van der Waals surface area contributed by atoms with Crippen molar-refractivity contribution in [3.05, 3.63) is 124 Å². The number of nitrogen functional groups attached to an aromatic ring is 1. The molecule has 4 aromatic carbocycles. The van der Waals surface area contributed by atoms with Crippen molar-refractivity contribution in [2.75, 3.05) is 21.9 Å². The maximum atomic E-state index is 13.7. The third-order valence-electron chi connectivity index (χ3n) is 8.10. The van der Waals surface area contributed by atoms with Gasteiger partial charge in [-0.05, 0) is 103 Å². The number of hydrogen-bond acceptors (Lipinski definition) is 20. The smallest absolute Gasteiger partial charge is 0.744 e. The molecular weight excluding hydrogens is 904 g/mol. The Balaban J connectivity index is 0.00000341. The molecule has 0 saturated heterocycles. The van der Waals surface area contributed by atoms with Crippen LogP contribution in [0.3, 0.4) is 0 Å². The molecule has 0 spiro atoms. The van der Waals surface area contributed by atoms with Gasteiger partial charge in [0.05, 0.1) is 43.0 Å². The first kappa shape index (κ1) is 52.1. The van der Waals surface area contributed by atoms with Gasteiger partial charge >= 0.3 is 88.7 Å². The maximum absolute atomic E-state index is 13.7. The van der Waals surface area contributed by atoms with E-state index in [0.717, 1.165) is 24.3 Å². The molecule has 302 valence electrons. The van der Waals surface area contributed by atoms with Crippen LogP contribution in [0.5, 0.6) is 0 Å². The van der Waals surface area contributed by atoms with E-state index in [-0.39, 0.29) is 117 Å². The largest absolute Gasteiger partial charge is 1.00 e. The Morgan fingerprint density at radius 3 is 1.76 bits per heavy atom. The van der Waals surface area contributed by atoms with E-state index in [1.54, 1.807) is 24.3 Å². The summed E-state index contributed by atoms with van der Waals surface area (Å²) < 4.78 is 107. The minimum absolute atomic E-state index is 0. The maximum Gasteiger partial charge on any atom is 1.00 e. The van der Waals surface area contributed by atoms with Crippen molar-refractivity contribution >= 4 is 99.5 Å². The van der Waals surface area contributed by atoms with Crippen molar-refractivity contribution in [1.29, 1.82) is 0 Å². The van der Waals surface area contributed by atoms with Gasteiger partial charge in [-0.25, -0.2) is 25.3 Å². The number of Topliss-reactive ketones (excluding diaryl/α,β-unsaturated/α-hetero) is 1. The number of nitrogens with zero attached hydrogens (tertiary/aromatic N) is 4. The molecule has 62 heavy (non-hydrogen) atoms. The van der Waals surface area contributed by atoms with Crippen LogP contribution in [-0.2, 0) is 35.1 Å². The number of benzene rings is 4. The van der Waals surface area contributed by atoms with Gasteiger partial charge in [0, 0.05) is 23.0 Å². The fraction of sp³-hybridized carbons (Fsp3) is 0. The molecule has 6 rings (SSSR count). The number of amides is 1. The summed E-state index contributed by atoms with van der Waals surface area (Å²) in [6, 6.07) is 16.1. The second-order valence-corrected chi connectivity index (χ2v) is 16.2. The number of anilines is 4. The number of azo groups is 1. The topological polar surface area (TPSA) is 360 Å². The van der Waals surface area contributed by atoms with E-state index >= 15 is 0 Å². The van der Waals surface area contributed by atoms with Crippen LogP contribution in [0.4, 0.5) is 34.1 Å². The Labute approximate surface area is 419 Å². The number of carbonyl (C=O) groups is 3. The normalized spacial score (nSPS) is 15.1. The van der Waals surface area contributed by atoms with Crippen molar-refractivity contribution in [2.45, 2.75) is 9.79 Å². The van der Waals surface area contributed by atoms with Gasteiger partial charge in [-0.15, -0.1) is 5.11 Å². The summed E-state index contributed by atoms with van der Waals surface area (Å²) in [4.78, 5) is 35.6. The minimum atomic E-state index is -5.50. The molecule has 0 aliphatic heterocycles. The average molecular weight is 928 g/mol. The van der Waals surface area contributed by atoms with Gasteiger partial charge in [0.2, 0.25) is 11.6 Å². The van der Waals surface area contributed by atoms with Crippen LogP contribution >= 0.6 is 0 Å². The van der Waals surface area contributed by atoms with Crippen LogP contribution in [0.15, 0.2) is 138 Å².